The van der Waals surface area contributed by atoms with E-state index in [0.29, 0.717) is 12.5 Å². The minimum atomic E-state index is -0.953. The molecule has 1 aliphatic carbocycles. The Kier molecular flexibility index (Phi) is 3.39. The summed E-state index contributed by atoms with van der Waals surface area (Å²) in [6.07, 6.45) is 6.43. The van der Waals surface area contributed by atoms with Gasteiger partial charge in [-0.15, -0.1) is 0 Å². The monoisotopic (exact) mass is 221 g/mol. The van der Waals surface area contributed by atoms with Crippen LogP contribution in [0.1, 0.15) is 36.0 Å². The number of aromatic nitrogens is 1. The topological polar surface area (TPSA) is 59.4 Å². The molecule has 0 aliphatic heterocycles. The van der Waals surface area contributed by atoms with E-state index in [0.717, 1.165) is 12.3 Å². The van der Waals surface area contributed by atoms with Gasteiger partial charge in [-0.05, 0) is 18.4 Å². The lowest BCUT2D eigenvalue weighted by atomic mass is 9.83. The van der Waals surface area contributed by atoms with Crippen LogP contribution >= 0.6 is 0 Å². The minimum absolute atomic E-state index is 0.216. The van der Waals surface area contributed by atoms with E-state index >= 15 is 0 Å². The maximum atomic E-state index is 10.7. The summed E-state index contributed by atoms with van der Waals surface area (Å²) in [7, 11) is 0. The first-order chi connectivity index (χ1) is 7.75. The molecule has 0 saturated heterocycles. The number of hydrogen-bond acceptors (Lipinski definition) is 3. The highest BCUT2D eigenvalue weighted by Gasteiger charge is 2.17. The third-order valence-corrected chi connectivity index (χ3v) is 2.98. The summed E-state index contributed by atoms with van der Waals surface area (Å²) in [5.74, 6) is 0.244. The Balaban J connectivity index is 1.83. The van der Waals surface area contributed by atoms with Crippen LogP contribution in [0.2, 0.25) is 0 Å². The van der Waals surface area contributed by atoms with Crippen molar-refractivity contribution < 1.29 is 14.6 Å². The van der Waals surface area contributed by atoms with Crippen LogP contribution in [0.4, 0.5) is 0 Å². The lowest BCUT2D eigenvalue weighted by Crippen LogP contribution is -2.14. The Morgan fingerprint density at radius 1 is 1.56 bits per heavy atom. The number of nitrogens with zero attached hydrogens (tertiary/aromatic N) is 1. The molecule has 4 heteroatoms. The Morgan fingerprint density at radius 2 is 2.38 bits per heavy atom. The van der Waals surface area contributed by atoms with Crippen molar-refractivity contribution in [3.8, 4) is 5.88 Å². The number of pyridine rings is 1. The Labute approximate surface area is 94.3 Å². The van der Waals surface area contributed by atoms with E-state index in [1.807, 2.05) is 0 Å². The molecule has 1 saturated carbocycles. The fraction of sp³-hybridized carbons (Fsp3) is 0.500. The van der Waals surface area contributed by atoms with Gasteiger partial charge in [0.15, 0.2) is 0 Å². The van der Waals surface area contributed by atoms with Crippen molar-refractivity contribution in [3.63, 3.8) is 0 Å². The molecule has 0 unspecified atom stereocenters. The lowest BCUT2D eigenvalue weighted by Gasteiger charge is -2.24. The third kappa shape index (κ3) is 2.72. The van der Waals surface area contributed by atoms with Gasteiger partial charge in [0.1, 0.15) is 0 Å². The lowest BCUT2D eigenvalue weighted by molar-refractivity contribution is 0.0696. The van der Waals surface area contributed by atoms with Crippen LogP contribution in [0.3, 0.4) is 0 Å². The van der Waals surface area contributed by atoms with Crippen molar-refractivity contribution in [2.45, 2.75) is 25.7 Å². The van der Waals surface area contributed by atoms with Crippen molar-refractivity contribution in [1.29, 1.82) is 0 Å². The fourth-order valence-electron chi connectivity index (χ4n) is 1.73. The zero-order chi connectivity index (χ0) is 11.4. The molecule has 1 fully saturated rings. The second-order valence-electron chi connectivity index (χ2n) is 4.12. The zero-order valence-electron chi connectivity index (χ0n) is 9.06. The SMILES string of the molecule is O=C(O)c1ccnc(OCCC2CCC2)c1. The second kappa shape index (κ2) is 4.96. The van der Waals surface area contributed by atoms with Crippen molar-refractivity contribution in [2.75, 3.05) is 6.61 Å². The molecule has 0 amide bonds. The maximum absolute atomic E-state index is 10.7. The minimum Gasteiger partial charge on any atom is -0.478 e. The smallest absolute Gasteiger partial charge is 0.335 e. The van der Waals surface area contributed by atoms with Crippen LogP contribution in [0.15, 0.2) is 18.3 Å². The molecule has 1 aliphatic rings. The second-order valence-corrected chi connectivity index (χ2v) is 4.12. The predicted octanol–water partition coefficient (Wildman–Crippen LogP) is 2.35. The van der Waals surface area contributed by atoms with Gasteiger partial charge in [-0.25, -0.2) is 9.78 Å². The first-order valence-electron chi connectivity index (χ1n) is 5.58. The number of carboxylic acid groups (broad SMARTS) is 1. The molecule has 1 heterocycles. The van der Waals surface area contributed by atoms with Gasteiger partial charge in [0, 0.05) is 12.3 Å². The predicted molar refractivity (Wildman–Crippen MR) is 58.6 cm³/mol. The molecule has 2 rings (SSSR count). The zero-order valence-corrected chi connectivity index (χ0v) is 9.06. The van der Waals surface area contributed by atoms with Gasteiger partial charge in [-0.3, -0.25) is 0 Å². The highest BCUT2D eigenvalue weighted by atomic mass is 16.5. The molecule has 0 bridgehead atoms. The molecule has 1 aromatic rings. The van der Waals surface area contributed by atoms with Crippen molar-refractivity contribution in [3.05, 3.63) is 23.9 Å². The van der Waals surface area contributed by atoms with Gasteiger partial charge < -0.3 is 9.84 Å². The van der Waals surface area contributed by atoms with E-state index in [1.54, 1.807) is 0 Å². The van der Waals surface area contributed by atoms with E-state index in [-0.39, 0.29) is 5.56 Å². The molecule has 1 aromatic heterocycles. The van der Waals surface area contributed by atoms with E-state index in [1.165, 1.54) is 37.6 Å². The molecule has 0 atom stereocenters. The van der Waals surface area contributed by atoms with Crippen LogP contribution in [-0.4, -0.2) is 22.7 Å². The fourth-order valence-corrected chi connectivity index (χ4v) is 1.73. The van der Waals surface area contributed by atoms with E-state index in [9.17, 15) is 4.79 Å². The van der Waals surface area contributed by atoms with E-state index in [4.69, 9.17) is 9.84 Å². The van der Waals surface area contributed by atoms with Crippen molar-refractivity contribution in [2.24, 2.45) is 5.92 Å². The average Bonchev–Trinajstić information content (AvgIpc) is 2.22. The largest absolute Gasteiger partial charge is 0.478 e. The van der Waals surface area contributed by atoms with Crippen LogP contribution in [0, 0.1) is 5.92 Å². The van der Waals surface area contributed by atoms with Gasteiger partial charge in [-0.2, -0.15) is 0 Å². The van der Waals surface area contributed by atoms with Gasteiger partial charge >= 0.3 is 5.97 Å². The van der Waals surface area contributed by atoms with Crippen LogP contribution in [-0.2, 0) is 0 Å². The Morgan fingerprint density at radius 3 is 3.00 bits per heavy atom. The Hall–Kier alpha value is -1.58. The standard InChI is InChI=1S/C12H15NO3/c14-12(15)10-4-6-13-11(8-10)16-7-5-9-2-1-3-9/h4,6,8-9H,1-3,5,7H2,(H,14,15). The van der Waals surface area contributed by atoms with Gasteiger partial charge in [0.2, 0.25) is 5.88 Å². The highest BCUT2D eigenvalue weighted by Crippen LogP contribution is 2.29. The quantitative estimate of drug-likeness (QED) is 0.829. The van der Waals surface area contributed by atoms with E-state index < -0.39 is 5.97 Å². The number of rotatable bonds is 5. The van der Waals surface area contributed by atoms with Gasteiger partial charge in [0.05, 0.1) is 12.2 Å². The molecular formula is C12H15NO3. The normalized spacial score (nSPS) is 15.5. The summed E-state index contributed by atoms with van der Waals surface area (Å²) in [6.45, 7) is 0.626. The number of carbonyl (C=O) groups is 1. The summed E-state index contributed by atoms with van der Waals surface area (Å²) >= 11 is 0. The molecule has 0 spiro atoms. The van der Waals surface area contributed by atoms with Crippen molar-refractivity contribution in [1.82, 2.24) is 4.98 Å². The van der Waals surface area contributed by atoms with Crippen molar-refractivity contribution >= 4 is 5.97 Å². The molecule has 1 N–H and O–H groups in total. The number of carboxylic acids is 1. The summed E-state index contributed by atoms with van der Waals surface area (Å²) in [6, 6.07) is 2.92. The molecule has 0 radical (unpaired) electrons. The molecular weight excluding hydrogens is 206 g/mol. The highest BCUT2D eigenvalue weighted by molar-refractivity contribution is 5.87. The van der Waals surface area contributed by atoms with Gasteiger partial charge in [0.25, 0.3) is 0 Å². The average molecular weight is 221 g/mol. The van der Waals surface area contributed by atoms with Gasteiger partial charge in [-0.1, -0.05) is 19.3 Å². The summed E-state index contributed by atoms with van der Waals surface area (Å²) in [4.78, 5) is 14.7. The van der Waals surface area contributed by atoms with Crippen LogP contribution < -0.4 is 4.74 Å². The first kappa shape index (κ1) is 10.9. The maximum Gasteiger partial charge on any atom is 0.335 e. The number of ether oxygens (including phenoxy) is 1. The third-order valence-electron chi connectivity index (χ3n) is 2.98. The number of hydrogen-bond donors (Lipinski definition) is 1. The summed E-state index contributed by atoms with van der Waals surface area (Å²) in [5, 5.41) is 8.79. The Bertz CT molecular complexity index is 374. The molecule has 86 valence electrons. The molecule has 0 aromatic carbocycles. The van der Waals surface area contributed by atoms with Crippen LogP contribution in [0.5, 0.6) is 5.88 Å². The van der Waals surface area contributed by atoms with Crippen LogP contribution in [0.25, 0.3) is 0 Å². The summed E-state index contributed by atoms with van der Waals surface area (Å²) in [5.41, 5.74) is 0.216. The first-order valence-corrected chi connectivity index (χ1v) is 5.58. The molecule has 16 heavy (non-hydrogen) atoms. The summed E-state index contributed by atoms with van der Waals surface area (Å²) < 4.78 is 5.43. The number of aromatic carboxylic acids is 1. The molecule has 4 nitrogen and oxygen atoms in total. The van der Waals surface area contributed by atoms with E-state index in [2.05, 4.69) is 4.98 Å².